The van der Waals surface area contributed by atoms with Gasteiger partial charge in [-0.3, -0.25) is 4.79 Å². The molecule has 1 atom stereocenters. The predicted molar refractivity (Wildman–Crippen MR) is 67.1 cm³/mol. The number of nitrogens with one attached hydrogen (secondary N) is 1. The third-order valence-corrected chi connectivity index (χ3v) is 3.27. The number of carbonyl (C=O) groups excluding carboxylic acids is 1. The normalized spacial score (nSPS) is 17.9. The molecule has 1 aliphatic carbocycles. The highest BCUT2D eigenvalue weighted by Crippen LogP contribution is 2.48. The van der Waals surface area contributed by atoms with Crippen LogP contribution in [-0.2, 0) is 10.3 Å². The molecule has 1 amide bonds. The van der Waals surface area contributed by atoms with Crippen LogP contribution < -0.4 is 15.8 Å². The monoisotopic (exact) mass is 250 g/mol. The highest BCUT2D eigenvalue weighted by Gasteiger charge is 2.47. The molecule has 0 radical (unpaired) electrons. The van der Waals surface area contributed by atoms with Gasteiger partial charge in [-0.05, 0) is 18.9 Å². The van der Waals surface area contributed by atoms with Gasteiger partial charge < -0.3 is 20.9 Å². The highest BCUT2D eigenvalue weighted by molar-refractivity contribution is 5.83. The van der Waals surface area contributed by atoms with Crippen molar-refractivity contribution in [1.82, 2.24) is 5.32 Å². The molecule has 1 aliphatic rings. The van der Waals surface area contributed by atoms with Crippen molar-refractivity contribution in [3.05, 3.63) is 29.8 Å². The van der Waals surface area contributed by atoms with Crippen molar-refractivity contribution in [1.29, 1.82) is 0 Å². The van der Waals surface area contributed by atoms with Crippen LogP contribution in [0.25, 0.3) is 0 Å². The SMILES string of the molecule is COc1ccccc1C1(NC(=O)C(N)CO)CC1. The van der Waals surface area contributed by atoms with Gasteiger partial charge in [0.05, 0.1) is 19.3 Å². The molecule has 5 nitrogen and oxygen atoms in total. The summed E-state index contributed by atoms with van der Waals surface area (Å²) in [6.07, 6.45) is 1.72. The van der Waals surface area contributed by atoms with Gasteiger partial charge in [0, 0.05) is 5.56 Å². The predicted octanol–water partition coefficient (Wildman–Crippen LogP) is 0.120. The number of benzene rings is 1. The molecule has 5 heteroatoms. The molecule has 0 saturated heterocycles. The highest BCUT2D eigenvalue weighted by atomic mass is 16.5. The van der Waals surface area contributed by atoms with E-state index in [4.69, 9.17) is 15.6 Å². The van der Waals surface area contributed by atoms with Gasteiger partial charge in [0.1, 0.15) is 11.8 Å². The Hall–Kier alpha value is -1.59. The van der Waals surface area contributed by atoms with Crippen molar-refractivity contribution in [3.63, 3.8) is 0 Å². The summed E-state index contributed by atoms with van der Waals surface area (Å²) >= 11 is 0. The van der Waals surface area contributed by atoms with Crippen LogP contribution in [0.4, 0.5) is 0 Å². The average Bonchev–Trinajstić information content (AvgIpc) is 3.18. The summed E-state index contributed by atoms with van der Waals surface area (Å²) in [5.74, 6) is 0.425. The maximum Gasteiger partial charge on any atom is 0.239 e. The van der Waals surface area contributed by atoms with Crippen molar-refractivity contribution < 1.29 is 14.6 Å². The number of aliphatic hydroxyl groups is 1. The lowest BCUT2D eigenvalue weighted by Gasteiger charge is -2.22. The van der Waals surface area contributed by atoms with Gasteiger partial charge in [0.25, 0.3) is 0 Å². The molecule has 1 unspecified atom stereocenters. The fourth-order valence-corrected chi connectivity index (χ4v) is 2.04. The minimum atomic E-state index is -0.878. The van der Waals surface area contributed by atoms with E-state index < -0.39 is 6.04 Å². The topological polar surface area (TPSA) is 84.6 Å². The van der Waals surface area contributed by atoms with E-state index >= 15 is 0 Å². The molecule has 2 rings (SSSR count). The number of carbonyl (C=O) groups is 1. The Bertz CT molecular complexity index is 444. The van der Waals surface area contributed by atoms with Gasteiger partial charge >= 0.3 is 0 Å². The number of rotatable bonds is 5. The largest absolute Gasteiger partial charge is 0.496 e. The first kappa shape index (κ1) is 12.9. The number of ether oxygens (including phenoxy) is 1. The van der Waals surface area contributed by atoms with Crippen LogP contribution in [0.2, 0.25) is 0 Å². The number of nitrogens with two attached hydrogens (primary N) is 1. The van der Waals surface area contributed by atoms with Gasteiger partial charge in [-0.15, -0.1) is 0 Å². The maximum atomic E-state index is 11.8. The van der Waals surface area contributed by atoms with E-state index in [9.17, 15) is 4.79 Å². The molecule has 1 aromatic rings. The van der Waals surface area contributed by atoms with Crippen molar-refractivity contribution in [2.75, 3.05) is 13.7 Å². The number of amides is 1. The standard InChI is InChI=1S/C13H18N2O3/c1-18-11-5-3-2-4-9(11)13(6-7-13)15-12(17)10(14)8-16/h2-5,10,16H,6-8,14H2,1H3,(H,15,17). The summed E-state index contributed by atoms with van der Waals surface area (Å²) in [4.78, 5) is 11.8. The Labute approximate surface area is 106 Å². The zero-order valence-electron chi connectivity index (χ0n) is 10.3. The molecule has 0 heterocycles. The second-order valence-electron chi connectivity index (χ2n) is 4.56. The molecule has 0 aliphatic heterocycles. The molecule has 4 N–H and O–H groups in total. The minimum absolute atomic E-state index is 0.332. The summed E-state index contributed by atoms with van der Waals surface area (Å²) in [6.45, 7) is -0.353. The van der Waals surface area contributed by atoms with E-state index in [0.717, 1.165) is 24.2 Å². The molecule has 98 valence electrons. The van der Waals surface area contributed by atoms with Gasteiger partial charge in [-0.25, -0.2) is 0 Å². The van der Waals surface area contributed by atoms with Crippen LogP contribution >= 0.6 is 0 Å². The Kier molecular flexibility index (Phi) is 3.54. The molecular weight excluding hydrogens is 232 g/mol. The number of para-hydroxylation sites is 1. The average molecular weight is 250 g/mol. The van der Waals surface area contributed by atoms with E-state index in [-0.39, 0.29) is 18.1 Å². The maximum absolute atomic E-state index is 11.8. The number of aliphatic hydroxyl groups excluding tert-OH is 1. The van der Waals surface area contributed by atoms with Crippen molar-refractivity contribution >= 4 is 5.91 Å². The fourth-order valence-electron chi connectivity index (χ4n) is 2.04. The smallest absolute Gasteiger partial charge is 0.239 e. The molecule has 1 aromatic carbocycles. The van der Waals surface area contributed by atoms with Crippen LogP contribution in [0.5, 0.6) is 5.75 Å². The summed E-state index contributed by atoms with van der Waals surface area (Å²) in [5, 5.41) is 11.8. The third-order valence-electron chi connectivity index (χ3n) is 3.27. The molecular formula is C13H18N2O3. The molecule has 1 saturated carbocycles. The lowest BCUT2D eigenvalue weighted by atomic mass is 10.0. The van der Waals surface area contributed by atoms with Gasteiger partial charge in [-0.1, -0.05) is 18.2 Å². The molecule has 0 aromatic heterocycles. The van der Waals surface area contributed by atoms with Crippen molar-refractivity contribution in [3.8, 4) is 5.75 Å². The second kappa shape index (κ2) is 4.96. The van der Waals surface area contributed by atoms with Crippen LogP contribution in [0.1, 0.15) is 18.4 Å². The summed E-state index contributed by atoms with van der Waals surface area (Å²) in [5.41, 5.74) is 6.09. The zero-order chi connectivity index (χ0) is 13.2. The number of methoxy groups -OCH3 is 1. The number of hydrogen-bond acceptors (Lipinski definition) is 4. The van der Waals surface area contributed by atoms with E-state index in [0.29, 0.717) is 0 Å². The zero-order valence-corrected chi connectivity index (χ0v) is 10.3. The Morgan fingerprint density at radius 1 is 1.56 bits per heavy atom. The first-order valence-corrected chi connectivity index (χ1v) is 5.95. The van der Waals surface area contributed by atoms with E-state index in [1.54, 1.807) is 7.11 Å². The lowest BCUT2D eigenvalue weighted by Crippen LogP contribution is -2.47. The first-order valence-electron chi connectivity index (χ1n) is 5.95. The quantitative estimate of drug-likeness (QED) is 0.693. The van der Waals surface area contributed by atoms with E-state index in [1.165, 1.54) is 0 Å². The van der Waals surface area contributed by atoms with E-state index in [2.05, 4.69) is 5.32 Å². The van der Waals surface area contributed by atoms with Gasteiger partial charge in [0.15, 0.2) is 0 Å². The van der Waals surface area contributed by atoms with Crippen LogP contribution in [0, 0.1) is 0 Å². The van der Waals surface area contributed by atoms with Gasteiger partial charge in [-0.2, -0.15) is 0 Å². The Morgan fingerprint density at radius 3 is 2.78 bits per heavy atom. The third kappa shape index (κ3) is 2.32. The first-order chi connectivity index (χ1) is 8.63. The minimum Gasteiger partial charge on any atom is -0.496 e. The summed E-state index contributed by atoms with van der Waals surface area (Å²) in [7, 11) is 1.61. The van der Waals surface area contributed by atoms with Crippen molar-refractivity contribution in [2.45, 2.75) is 24.4 Å². The molecule has 1 fully saturated rings. The number of hydrogen-bond donors (Lipinski definition) is 3. The summed E-state index contributed by atoms with van der Waals surface area (Å²) in [6, 6.07) is 6.73. The fraction of sp³-hybridized carbons (Fsp3) is 0.462. The van der Waals surface area contributed by atoms with Crippen LogP contribution in [0.3, 0.4) is 0 Å². The second-order valence-corrected chi connectivity index (χ2v) is 4.56. The van der Waals surface area contributed by atoms with E-state index in [1.807, 2.05) is 24.3 Å². The van der Waals surface area contributed by atoms with Crippen molar-refractivity contribution in [2.24, 2.45) is 5.73 Å². The molecule has 0 spiro atoms. The molecule has 18 heavy (non-hydrogen) atoms. The molecule has 0 bridgehead atoms. The summed E-state index contributed by atoms with van der Waals surface area (Å²) < 4.78 is 5.31. The Morgan fingerprint density at radius 2 is 2.22 bits per heavy atom. The Balaban J connectivity index is 2.19. The van der Waals surface area contributed by atoms with Crippen LogP contribution in [0.15, 0.2) is 24.3 Å². The lowest BCUT2D eigenvalue weighted by molar-refractivity contribution is -0.124. The van der Waals surface area contributed by atoms with Crippen LogP contribution in [-0.4, -0.2) is 30.8 Å². The van der Waals surface area contributed by atoms with Gasteiger partial charge in [0.2, 0.25) is 5.91 Å².